The monoisotopic (exact) mass is 275 g/mol. The fourth-order valence-electron chi connectivity index (χ4n) is 1.79. The second-order valence-electron chi connectivity index (χ2n) is 4.46. The number of nitrogen functional groups attached to an aromatic ring is 1. The third kappa shape index (κ3) is 3.38. The number of rotatable bonds is 5. The van der Waals surface area contributed by atoms with Gasteiger partial charge in [0.2, 0.25) is 0 Å². The van der Waals surface area contributed by atoms with Gasteiger partial charge in [-0.05, 0) is 25.5 Å². The summed E-state index contributed by atoms with van der Waals surface area (Å²) in [6, 6.07) is 6.77. The standard InChI is InChI=1S/C15H18FN3O/c1-3-20-15-7-14(13(17)6-12(15)16)19-9-11-5-4-10(2)18-8-11/h4-8,19H,3,9,17H2,1-2H3. The highest BCUT2D eigenvalue weighted by Gasteiger charge is 2.08. The summed E-state index contributed by atoms with van der Waals surface area (Å²) in [5.74, 6) is -0.252. The molecule has 0 saturated heterocycles. The predicted octanol–water partition coefficient (Wildman–Crippen LogP) is 3.12. The van der Waals surface area contributed by atoms with Crippen LogP contribution in [0.2, 0.25) is 0 Å². The van der Waals surface area contributed by atoms with Crippen molar-refractivity contribution in [2.75, 3.05) is 17.7 Å². The predicted molar refractivity (Wildman–Crippen MR) is 78.3 cm³/mol. The Kier molecular flexibility index (Phi) is 4.40. The Morgan fingerprint density at radius 2 is 2.15 bits per heavy atom. The fourth-order valence-corrected chi connectivity index (χ4v) is 1.79. The number of hydrogen-bond donors (Lipinski definition) is 2. The van der Waals surface area contributed by atoms with Gasteiger partial charge in [0.1, 0.15) is 0 Å². The fraction of sp³-hybridized carbons (Fsp3) is 0.267. The number of nitrogens with two attached hydrogens (primary N) is 1. The van der Waals surface area contributed by atoms with Crippen molar-refractivity contribution < 1.29 is 9.13 Å². The maximum Gasteiger partial charge on any atom is 0.167 e. The summed E-state index contributed by atoms with van der Waals surface area (Å²) < 4.78 is 18.8. The minimum absolute atomic E-state index is 0.200. The van der Waals surface area contributed by atoms with E-state index in [9.17, 15) is 4.39 Å². The summed E-state index contributed by atoms with van der Waals surface area (Å²) in [6.07, 6.45) is 1.80. The lowest BCUT2D eigenvalue weighted by Gasteiger charge is -2.12. The molecule has 0 aliphatic heterocycles. The van der Waals surface area contributed by atoms with E-state index in [1.807, 2.05) is 19.1 Å². The van der Waals surface area contributed by atoms with Crippen LogP contribution in [0, 0.1) is 12.7 Å². The molecule has 0 amide bonds. The van der Waals surface area contributed by atoms with Crippen LogP contribution < -0.4 is 15.8 Å². The number of hydrogen-bond acceptors (Lipinski definition) is 4. The van der Waals surface area contributed by atoms with Crippen LogP contribution in [0.4, 0.5) is 15.8 Å². The first kappa shape index (κ1) is 14.1. The third-order valence-electron chi connectivity index (χ3n) is 2.86. The molecule has 0 unspecified atom stereocenters. The van der Waals surface area contributed by atoms with Crippen LogP contribution >= 0.6 is 0 Å². The van der Waals surface area contributed by atoms with E-state index < -0.39 is 5.82 Å². The van der Waals surface area contributed by atoms with E-state index in [0.717, 1.165) is 11.3 Å². The molecule has 1 heterocycles. The van der Waals surface area contributed by atoms with Crippen molar-refractivity contribution in [3.8, 4) is 5.75 Å². The average molecular weight is 275 g/mol. The highest BCUT2D eigenvalue weighted by Crippen LogP contribution is 2.28. The molecule has 106 valence electrons. The van der Waals surface area contributed by atoms with Crippen LogP contribution in [0.3, 0.4) is 0 Å². The van der Waals surface area contributed by atoms with Gasteiger partial charge >= 0.3 is 0 Å². The van der Waals surface area contributed by atoms with Gasteiger partial charge in [0.15, 0.2) is 11.6 Å². The largest absolute Gasteiger partial charge is 0.491 e. The van der Waals surface area contributed by atoms with Crippen LogP contribution in [-0.4, -0.2) is 11.6 Å². The van der Waals surface area contributed by atoms with E-state index in [2.05, 4.69) is 10.3 Å². The summed E-state index contributed by atoms with van der Waals surface area (Å²) >= 11 is 0. The van der Waals surface area contributed by atoms with E-state index >= 15 is 0 Å². The minimum Gasteiger partial charge on any atom is -0.491 e. The summed E-state index contributed by atoms with van der Waals surface area (Å²) in [4.78, 5) is 4.22. The number of halogens is 1. The Labute approximate surface area is 117 Å². The maximum atomic E-state index is 13.6. The molecule has 0 aliphatic rings. The van der Waals surface area contributed by atoms with Gasteiger partial charge in [-0.15, -0.1) is 0 Å². The van der Waals surface area contributed by atoms with Crippen molar-refractivity contribution in [1.82, 2.24) is 4.98 Å². The van der Waals surface area contributed by atoms with Crippen molar-refractivity contribution >= 4 is 11.4 Å². The second kappa shape index (κ2) is 6.23. The number of ether oxygens (including phenoxy) is 1. The SMILES string of the molecule is CCOc1cc(NCc2ccc(C)nc2)c(N)cc1F. The molecule has 0 radical (unpaired) electrons. The van der Waals surface area contributed by atoms with E-state index in [1.165, 1.54) is 6.07 Å². The Bertz CT molecular complexity index is 584. The molecule has 0 fully saturated rings. The lowest BCUT2D eigenvalue weighted by atomic mass is 10.2. The summed E-state index contributed by atoms with van der Waals surface area (Å²) in [6.45, 7) is 4.71. The molecule has 0 atom stereocenters. The Morgan fingerprint density at radius 1 is 1.35 bits per heavy atom. The molecule has 5 heteroatoms. The smallest absolute Gasteiger partial charge is 0.167 e. The topological polar surface area (TPSA) is 60.2 Å². The van der Waals surface area contributed by atoms with Gasteiger partial charge in [0.05, 0.1) is 18.0 Å². The molecule has 1 aromatic carbocycles. The van der Waals surface area contributed by atoms with E-state index in [-0.39, 0.29) is 5.75 Å². The molecule has 3 N–H and O–H groups in total. The van der Waals surface area contributed by atoms with Crippen molar-refractivity contribution in [2.24, 2.45) is 0 Å². The van der Waals surface area contributed by atoms with Crippen LogP contribution in [0.25, 0.3) is 0 Å². The molecule has 2 aromatic rings. The lowest BCUT2D eigenvalue weighted by molar-refractivity contribution is 0.322. The number of pyridine rings is 1. The quantitative estimate of drug-likeness (QED) is 0.823. The van der Waals surface area contributed by atoms with Gasteiger partial charge in [-0.3, -0.25) is 4.98 Å². The number of nitrogens with zero attached hydrogens (tertiary/aromatic N) is 1. The van der Waals surface area contributed by atoms with Crippen LogP contribution in [-0.2, 0) is 6.54 Å². The number of anilines is 2. The van der Waals surface area contributed by atoms with Crippen molar-refractivity contribution in [3.05, 3.63) is 47.5 Å². The summed E-state index contributed by atoms with van der Waals surface area (Å²) in [5, 5.41) is 3.16. The minimum atomic E-state index is -0.452. The van der Waals surface area contributed by atoms with Crippen molar-refractivity contribution in [3.63, 3.8) is 0 Å². The van der Waals surface area contributed by atoms with Gasteiger partial charge < -0.3 is 15.8 Å². The highest BCUT2D eigenvalue weighted by atomic mass is 19.1. The molecule has 20 heavy (non-hydrogen) atoms. The molecule has 0 aliphatic carbocycles. The molecule has 2 rings (SSSR count). The average Bonchev–Trinajstić information content (AvgIpc) is 2.42. The van der Waals surface area contributed by atoms with Gasteiger partial charge in [-0.2, -0.15) is 0 Å². The number of aromatic nitrogens is 1. The zero-order valence-corrected chi connectivity index (χ0v) is 11.6. The number of aryl methyl sites for hydroxylation is 1. The normalized spacial score (nSPS) is 10.3. The van der Waals surface area contributed by atoms with E-state index in [1.54, 1.807) is 19.2 Å². The highest BCUT2D eigenvalue weighted by molar-refractivity contribution is 5.68. The van der Waals surface area contributed by atoms with Crippen LogP contribution in [0.5, 0.6) is 5.75 Å². The van der Waals surface area contributed by atoms with Crippen LogP contribution in [0.1, 0.15) is 18.2 Å². The molecular weight excluding hydrogens is 257 g/mol. The summed E-state index contributed by atoms with van der Waals surface area (Å²) in [5.41, 5.74) is 8.79. The van der Waals surface area contributed by atoms with Gasteiger partial charge in [0, 0.05) is 30.6 Å². The first-order chi connectivity index (χ1) is 9.60. The van der Waals surface area contributed by atoms with Crippen molar-refractivity contribution in [1.29, 1.82) is 0 Å². The molecule has 0 saturated carbocycles. The van der Waals surface area contributed by atoms with Crippen molar-refractivity contribution in [2.45, 2.75) is 20.4 Å². The zero-order valence-electron chi connectivity index (χ0n) is 11.6. The van der Waals surface area contributed by atoms with Gasteiger partial charge in [0.25, 0.3) is 0 Å². The zero-order chi connectivity index (χ0) is 14.5. The number of nitrogens with one attached hydrogen (secondary N) is 1. The molecule has 0 spiro atoms. The van der Waals surface area contributed by atoms with E-state index in [4.69, 9.17) is 10.5 Å². The first-order valence-corrected chi connectivity index (χ1v) is 6.47. The lowest BCUT2D eigenvalue weighted by Crippen LogP contribution is -2.05. The van der Waals surface area contributed by atoms with Gasteiger partial charge in [-0.1, -0.05) is 6.07 Å². The maximum absolute atomic E-state index is 13.6. The van der Waals surface area contributed by atoms with Gasteiger partial charge in [-0.25, -0.2) is 4.39 Å². The first-order valence-electron chi connectivity index (χ1n) is 6.47. The molecular formula is C15H18FN3O. The Balaban J connectivity index is 2.12. The second-order valence-corrected chi connectivity index (χ2v) is 4.46. The Morgan fingerprint density at radius 3 is 2.80 bits per heavy atom. The molecule has 4 nitrogen and oxygen atoms in total. The van der Waals surface area contributed by atoms with Crippen LogP contribution in [0.15, 0.2) is 30.5 Å². The van der Waals surface area contributed by atoms with E-state index in [0.29, 0.717) is 24.5 Å². The number of benzene rings is 1. The molecule has 1 aromatic heterocycles. The summed E-state index contributed by atoms with van der Waals surface area (Å²) in [7, 11) is 0. The third-order valence-corrected chi connectivity index (χ3v) is 2.86. The molecule has 0 bridgehead atoms. The Hall–Kier alpha value is -2.30.